The van der Waals surface area contributed by atoms with E-state index in [2.05, 4.69) is 5.92 Å². The summed E-state index contributed by atoms with van der Waals surface area (Å²) >= 11 is 0. The minimum atomic E-state index is -1.28. The first kappa shape index (κ1) is 24.5. The van der Waals surface area contributed by atoms with Gasteiger partial charge in [0.05, 0.1) is 0 Å². The zero-order chi connectivity index (χ0) is 17.1. The molecule has 2 aliphatic rings. The van der Waals surface area contributed by atoms with Gasteiger partial charge in [-0.25, -0.2) is 49.3 Å². The molecule has 0 saturated carbocycles. The van der Waals surface area contributed by atoms with Gasteiger partial charge in [-0.2, -0.15) is 47.5 Å². The van der Waals surface area contributed by atoms with Crippen LogP contribution in [-0.2, 0) is 34.1 Å². The fourth-order valence-electron chi connectivity index (χ4n) is 2.21. The van der Waals surface area contributed by atoms with Gasteiger partial charge in [-0.05, 0) is 0 Å². The number of aliphatic hydroxyl groups is 1. The Hall–Kier alpha value is -1.52. The molecule has 4 radical (unpaired) electrons. The topological polar surface area (TPSA) is 20.2 Å². The Bertz CT molecular complexity index is 573. The molecule has 0 fully saturated rings. The number of hydrogen-bond donors (Lipinski definition) is 1. The van der Waals surface area contributed by atoms with Crippen LogP contribution in [0.15, 0.2) is 84.0 Å². The molecule has 0 heterocycles. The van der Waals surface area contributed by atoms with Crippen molar-refractivity contribution in [3.8, 4) is 12.3 Å². The molecule has 2 aliphatic carbocycles. The molecule has 134 valence electrons. The Balaban J connectivity index is 0.000000432. The van der Waals surface area contributed by atoms with E-state index in [1.54, 1.807) is 0 Å². The van der Waals surface area contributed by atoms with E-state index in [9.17, 15) is 5.11 Å². The van der Waals surface area contributed by atoms with E-state index in [1.807, 2.05) is 111 Å². The summed E-state index contributed by atoms with van der Waals surface area (Å²) in [5.41, 5.74) is 0.199. The Morgan fingerprint density at radius 3 is 1.35 bits per heavy atom. The Morgan fingerprint density at radius 1 is 0.769 bits per heavy atom. The van der Waals surface area contributed by atoms with Crippen molar-refractivity contribution < 1.29 is 39.2 Å². The molecule has 2 aromatic rings. The van der Waals surface area contributed by atoms with Crippen molar-refractivity contribution >= 4 is 0 Å². The molecular weight excluding hydrogens is 404 g/mol. The quantitative estimate of drug-likeness (QED) is 0.434. The minimum absolute atomic E-state index is 0. The molecule has 0 bridgehead atoms. The second-order valence-corrected chi connectivity index (χ2v) is 5.13. The van der Waals surface area contributed by atoms with Crippen LogP contribution in [0.4, 0.5) is 0 Å². The molecule has 0 atom stereocenters. The molecule has 1 N–H and O–H groups in total. The predicted molar refractivity (Wildman–Crippen MR) is 99.8 cm³/mol. The summed E-state index contributed by atoms with van der Waals surface area (Å²) in [4.78, 5) is 0. The summed E-state index contributed by atoms with van der Waals surface area (Å²) in [6.45, 7) is 0. The molecule has 0 unspecified atom stereocenters. The predicted octanol–water partition coefficient (Wildman–Crippen LogP) is 4.26. The van der Waals surface area contributed by atoms with Gasteiger partial charge < -0.3 is 5.11 Å². The zero-order valence-electron chi connectivity index (χ0n) is 14.1. The maximum atomic E-state index is 10.3. The monoisotopic (exact) mass is 424 g/mol. The molecule has 0 aliphatic heterocycles. The van der Waals surface area contributed by atoms with Gasteiger partial charge in [0.15, 0.2) is 0 Å². The molecule has 0 saturated heterocycles. The summed E-state index contributed by atoms with van der Waals surface area (Å²) in [5, 5.41) is 10.3. The first-order chi connectivity index (χ1) is 11.8. The SMILES string of the molecule is C#CC(O)(C1=C[CH][CH][CH-]1)C1=C[CH][CH][CH-]1.[Fe+2].[Fe+2].c1cc[cH-]c1.c1cc[cH-]c1. The fraction of sp³-hybridized carbons (Fsp3) is 0.0435. The average Bonchev–Trinajstić information content (AvgIpc) is 3.41. The first-order valence-electron chi connectivity index (χ1n) is 7.75. The van der Waals surface area contributed by atoms with Crippen molar-refractivity contribution in [3.63, 3.8) is 0 Å². The van der Waals surface area contributed by atoms with Gasteiger partial charge in [-0.1, -0.05) is 5.92 Å². The van der Waals surface area contributed by atoms with E-state index in [4.69, 9.17) is 6.42 Å². The van der Waals surface area contributed by atoms with Gasteiger partial charge >= 0.3 is 34.1 Å². The van der Waals surface area contributed by atoms with E-state index >= 15 is 0 Å². The second-order valence-electron chi connectivity index (χ2n) is 5.13. The summed E-state index contributed by atoms with van der Waals surface area (Å²) in [7, 11) is 0. The van der Waals surface area contributed by atoms with Crippen LogP contribution >= 0.6 is 0 Å². The summed E-state index contributed by atoms with van der Waals surface area (Å²) in [5.74, 6) is 2.44. The van der Waals surface area contributed by atoms with Gasteiger partial charge in [0.2, 0.25) is 0 Å². The van der Waals surface area contributed by atoms with Crippen molar-refractivity contribution in [2.24, 2.45) is 0 Å². The van der Waals surface area contributed by atoms with Crippen LogP contribution in [-0.4, -0.2) is 10.7 Å². The minimum Gasteiger partial charge on any atom is -0.376 e. The Kier molecular flexibility index (Phi) is 12.9. The van der Waals surface area contributed by atoms with Crippen LogP contribution < -0.4 is 0 Å². The summed E-state index contributed by atoms with van der Waals surface area (Å²) in [6, 6.07) is 20.0. The van der Waals surface area contributed by atoms with Crippen LogP contribution in [0.25, 0.3) is 0 Å². The third-order valence-corrected chi connectivity index (χ3v) is 3.48. The largest absolute Gasteiger partial charge is 2.00 e. The molecule has 0 amide bonds. The van der Waals surface area contributed by atoms with E-state index in [-0.39, 0.29) is 34.1 Å². The summed E-state index contributed by atoms with van der Waals surface area (Å²) < 4.78 is 0. The summed E-state index contributed by atoms with van der Waals surface area (Å²) in [6.07, 6.45) is 20.1. The zero-order valence-corrected chi connectivity index (χ0v) is 16.3. The second kappa shape index (κ2) is 13.7. The third-order valence-electron chi connectivity index (χ3n) is 3.48. The van der Waals surface area contributed by atoms with E-state index < -0.39 is 5.60 Å². The van der Waals surface area contributed by atoms with Crippen LogP contribution in [0.1, 0.15) is 0 Å². The average molecular weight is 424 g/mol. The standard InChI is InChI=1S/C13H10O.2C5H5.2Fe/c1-2-13(14,11-7-3-4-8-11)12-9-5-6-10-12;2*1-2-4-5-3-1;;/h1,3-10,14H;2*1-5H;;/q-2;2*-1;2*+2. The van der Waals surface area contributed by atoms with E-state index in [0.29, 0.717) is 0 Å². The normalized spacial score (nSPS) is 14.2. The fourth-order valence-corrected chi connectivity index (χ4v) is 2.21. The van der Waals surface area contributed by atoms with Gasteiger partial charge in [-0.15, -0.1) is 32.1 Å². The van der Waals surface area contributed by atoms with Crippen LogP contribution in [0.2, 0.25) is 0 Å². The number of terminal acetylenes is 1. The molecule has 0 spiro atoms. The number of hydrogen-bond acceptors (Lipinski definition) is 1. The molecule has 4 rings (SSSR count). The van der Waals surface area contributed by atoms with Crippen LogP contribution in [0.5, 0.6) is 0 Å². The molecule has 0 aromatic heterocycles. The van der Waals surface area contributed by atoms with Crippen molar-refractivity contribution in [2.45, 2.75) is 5.60 Å². The van der Waals surface area contributed by atoms with E-state index in [1.165, 1.54) is 0 Å². The molecule has 1 nitrogen and oxygen atoms in total. The smallest absolute Gasteiger partial charge is 0.376 e. The molecule has 26 heavy (non-hydrogen) atoms. The molecule has 2 aromatic carbocycles. The van der Waals surface area contributed by atoms with Crippen molar-refractivity contribution in [1.82, 2.24) is 0 Å². The number of allylic oxidation sites excluding steroid dienone is 2. The van der Waals surface area contributed by atoms with Crippen LogP contribution in [0.3, 0.4) is 0 Å². The van der Waals surface area contributed by atoms with Crippen LogP contribution in [0, 0.1) is 50.9 Å². The van der Waals surface area contributed by atoms with Gasteiger partial charge in [0.1, 0.15) is 5.60 Å². The maximum Gasteiger partial charge on any atom is 2.00 e. The van der Waals surface area contributed by atoms with Crippen molar-refractivity contribution in [3.05, 3.63) is 122 Å². The third kappa shape index (κ3) is 7.38. The Labute approximate surface area is 179 Å². The van der Waals surface area contributed by atoms with Crippen molar-refractivity contribution in [1.29, 1.82) is 0 Å². The van der Waals surface area contributed by atoms with Crippen molar-refractivity contribution in [2.75, 3.05) is 0 Å². The van der Waals surface area contributed by atoms with Gasteiger partial charge in [0, 0.05) is 0 Å². The first-order valence-corrected chi connectivity index (χ1v) is 7.75. The maximum absolute atomic E-state index is 10.3. The van der Waals surface area contributed by atoms with Gasteiger partial charge in [0.25, 0.3) is 0 Å². The Morgan fingerprint density at radius 2 is 1.15 bits per heavy atom. The van der Waals surface area contributed by atoms with Gasteiger partial charge in [-0.3, -0.25) is 0 Å². The van der Waals surface area contributed by atoms with E-state index in [0.717, 1.165) is 11.1 Å². The molecule has 3 heteroatoms. The number of rotatable bonds is 2. The molecular formula is C23H20Fe2O.